The van der Waals surface area contributed by atoms with Crippen LogP contribution >= 0.6 is 0 Å². The molecule has 6 heterocycles. The van der Waals surface area contributed by atoms with E-state index >= 15 is 0 Å². The molecule has 9 atom stereocenters. The zero-order valence-corrected chi connectivity index (χ0v) is 29.7. The Balaban J connectivity index is 0.000000193. The van der Waals surface area contributed by atoms with Crippen LogP contribution in [0.1, 0.15) is 19.4 Å². The number of methoxy groups -OCH3 is 2. The average Bonchev–Trinajstić information content (AvgIpc) is 3.96. The summed E-state index contributed by atoms with van der Waals surface area (Å²) in [5.74, 6) is 1.73. The molecule has 0 radical (unpaired) electrons. The molecule has 1 aromatic carbocycles. The summed E-state index contributed by atoms with van der Waals surface area (Å²) >= 11 is 0. The largest absolute Gasteiger partial charge is 0.491 e. The fourth-order valence-corrected chi connectivity index (χ4v) is 5.95. The van der Waals surface area contributed by atoms with Crippen molar-refractivity contribution in [2.75, 3.05) is 57.8 Å². The predicted octanol–water partition coefficient (Wildman–Crippen LogP) is -1.18. The number of aliphatic hydroxyl groups excluding tert-OH is 6. The predicted molar refractivity (Wildman–Crippen MR) is 189 cm³/mol. The highest BCUT2D eigenvalue weighted by molar-refractivity contribution is 5.84. The second kappa shape index (κ2) is 17.5. The van der Waals surface area contributed by atoms with Crippen LogP contribution < -0.4 is 20.1 Å². The number of hydrogen-bond donors (Lipinski definition) is 8. The highest BCUT2D eigenvalue weighted by atomic mass is 16.6. The first-order valence-electron chi connectivity index (χ1n) is 17.1. The summed E-state index contributed by atoms with van der Waals surface area (Å²) in [5.41, 5.74) is 1.75. The molecular weight excluding hydrogens is 712 g/mol. The first-order valence-corrected chi connectivity index (χ1v) is 17.1. The molecule has 8 N–H and O–H groups in total. The van der Waals surface area contributed by atoms with Crippen molar-refractivity contribution < 1.29 is 54.3 Å². The molecule has 292 valence electrons. The Morgan fingerprint density at radius 1 is 0.778 bits per heavy atom. The van der Waals surface area contributed by atoms with Gasteiger partial charge in [-0.15, -0.1) is 0 Å². The van der Waals surface area contributed by atoms with Crippen LogP contribution in [0.25, 0.3) is 22.3 Å². The van der Waals surface area contributed by atoms with Gasteiger partial charge in [0.25, 0.3) is 0 Å². The Hall–Kier alpha value is -4.84. The van der Waals surface area contributed by atoms with Crippen molar-refractivity contribution in [1.82, 2.24) is 39.0 Å². The van der Waals surface area contributed by atoms with Gasteiger partial charge in [-0.2, -0.15) is 9.97 Å². The van der Waals surface area contributed by atoms with Gasteiger partial charge in [0.05, 0.1) is 45.6 Å². The lowest BCUT2D eigenvalue weighted by Crippen LogP contribution is -2.33. The van der Waals surface area contributed by atoms with Crippen molar-refractivity contribution >= 4 is 34.0 Å². The van der Waals surface area contributed by atoms with Crippen LogP contribution in [-0.4, -0.2) is 160 Å². The van der Waals surface area contributed by atoms with Crippen LogP contribution in [-0.2, 0) is 14.2 Å². The molecular formula is C33H44N10O11. The van der Waals surface area contributed by atoms with Crippen molar-refractivity contribution in [1.29, 1.82) is 0 Å². The van der Waals surface area contributed by atoms with E-state index in [-0.39, 0.29) is 18.7 Å². The molecule has 0 saturated carbocycles. The number of rotatable bonds is 14. The lowest BCUT2D eigenvalue weighted by molar-refractivity contribution is -0.0511. The number of hydrogen-bond acceptors (Lipinski definition) is 19. The molecule has 0 bridgehead atoms. The molecule has 0 spiro atoms. The number of ether oxygens (including phenoxy) is 5. The van der Waals surface area contributed by atoms with E-state index in [2.05, 4.69) is 40.5 Å². The van der Waals surface area contributed by atoms with Gasteiger partial charge in [-0.3, -0.25) is 9.13 Å². The molecule has 7 rings (SSSR count). The van der Waals surface area contributed by atoms with Gasteiger partial charge >= 0.3 is 6.01 Å². The molecule has 54 heavy (non-hydrogen) atoms. The zero-order valence-electron chi connectivity index (χ0n) is 29.7. The van der Waals surface area contributed by atoms with Gasteiger partial charge in [0.1, 0.15) is 55.3 Å². The monoisotopic (exact) mass is 756 g/mol. The number of benzene rings is 1. The van der Waals surface area contributed by atoms with Crippen LogP contribution in [0.4, 0.5) is 11.6 Å². The third kappa shape index (κ3) is 8.13. The number of anilines is 2. The smallest absolute Gasteiger partial charge is 0.320 e. The van der Waals surface area contributed by atoms with Crippen molar-refractivity contribution in [3.63, 3.8) is 0 Å². The van der Waals surface area contributed by atoms with Gasteiger partial charge in [-0.1, -0.05) is 18.2 Å². The van der Waals surface area contributed by atoms with Crippen molar-refractivity contribution in [3.8, 4) is 11.8 Å². The summed E-state index contributed by atoms with van der Waals surface area (Å²) < 4.78 is 30.1. The number of imidazole rings is 2. The number of nitrogens with one attached hydrogen (secondary N) is 2. The standard InChI is InChI=1S/C20H25N5O6.C13H19N5O5/c1-11(9-30-12-6-4-3-5-7-12)22-17-14-18(24-20(23-17)29-2)25(10-21-14)19-16(28)15(27)13(8-26)31-19;1-22-3-2-14-11-8-12(16-5-15-11)18(6-17-8)13-10(21)9(20)7(4-19)23-13/h3-7,10-11,13,15-16,19,26-28H,8-9H2,1-2H3,(H,22,23,24);5-7,9-10,13,19-21H,2-4H2,1H3,(H,14,15,16)/t11-,13-,15-,16-,19-;7-,9-,10-,13-/m11/s1. The normalized spacial score (nSPS) is 25.7. The van der Waals surface area contributed by atoms with Crippen LogP contribution in [0.3, 0.4) is 0 Å². The summed E-state index contributed by atoms with van der Waals surface area (Å²) in [6.07, 6.45) is -4.20. The maximum Gasteiger partial charge on any atom is 0.320 e. The van der Waals surface area contributed by atoms with E-state index in [1.54, 1.807) is 7.11 Å². The average molecular weight is 757 g/mol. The maximum absolute atomic E-state index is 10.4. The minimum Gasteiger partial charge on any atom is -0.491 e. The van der Waals surface area contributed by atoms with Crippen LogP contribution in [0.2, 0.25) is 0 Å². The molecule has 5 aromatic rings. The summed E-state index contributed by atoms with van der Waals surface area (Å²) in [7, 11) is 3.05. The number of para-hydroxylation sites is 1. The molecule has 21 heteroatoms. The van der Waals surface area contributed by atoms with Crippen molar-refractivity contribution in [3.05, 3.63) is 49.3 Å². The van der Waals surface area contributed by atoms with E-state index in [4.69, 9.17) is 23.7 Å². The maximum atomic E-state index is 10.4. The van der Waals surface area contributed by atoms with E-state index in [1.807, 2.05) is 37.3 Å². The molecule has 2 fully saturated rings. The molecule has 4 aromatic heterocycles. The Labute approximate surface area is 308 Å². The Bertz CT molecular complexity index is 1950. The summed E-state index contributed by atoms with van der Waals surface area (Å²) in [6.45, 7) is 2.58. The number of aromatic nitrogens is 8. The number of fused-ring (bicyclic) bond motifs is 2. The van der Waals surface area contributed by atoms with Gasteiger partial charge in [0.2, 0.25) is 0 Å². The first-order chi connectivity index (χ1) is 26.2. The molecule has 0 aliphatic carbocycles. The van der Waals surface area contributed by atoms with Crippen molar-refractivity contribution in [2.45, 2.75) is 62.0 Å². The van der Waals surface area contributed by atoms with Gasteiger partial charge in [0, 0.05) is 13.7 Å². The molecule has 2 aliphatic rings. The number of nitrogens with zero attached hydrogens (tertiary/aromatic N) is 8. The number of aliphatic hydroxyl groups is 6. The highest BCUT2D eigenvalue weighted by Crippen LogP contribution is 2.34. The lowest BCUT2D eigenvalue weighted by atomic mass is 10.1. The molecule has 2 aliphatic heterocycles. The zero-order chi connectivity index (χ0) is 38.4. The van der Waals surface area contributed by atoms with E-state index in [9.17, 15) is 30.6 Å². The first kappa shape index (κ1) is 38.9. The van der Waals surface area contributed by atoms with Crippen LogP contribution in [0, 0.1) is 0 Å². The third-order valence-electron chi connectivity index (χ3n) is 8.75. The summed E-state index contributed by atoms with van der Waals surface area (Å²) in [4.78, 5) is 25.6. The molecule has 0 unspecified atom stereocenters. The Kier molecular flexibility index (Phi) is 12.6. The Morgan fingerprint density at radius 3 is 1.96 bits per heavy atom. The van der Waals surface area contributed by atoms with E-state index in [0.717, 1.165) is 5.75 Å². The topological polar surface area (TPSA) is 279 Å². The van der Waals surface area contributed by atoms with E-state index in [0.29, 0.717) is 53.7 Å². The molecule has 0 amide bonds. The third-order valence-corrected chi connectivity index (χ3v) is 8.75. The highest BCUT2D eigenvalue weighted by Gasteiger charge is 2.45. The minimum absolute atomic E-state index is 0.0969. The fraction of sp³-hybridized carbons (Fsp3) is 0.515. The lowest BCUT2D eigenvalue weighted by Gasteiger charge is -2.18. The van der Waals surface area contributed by atoms with Crippen molar-refractivity contribution in [2.24, 2.45) is 0 Å². The van der Waals surface area contributed by atoms with E-state index in [1.165, 1.54) is 35.2 Å². The fourth-order valence-electron chi connectivity index (χ4n) is 5.95. The Morgan fingerprint density at radius 2 is 1.39 bits per heavy atom. The quantitative estimate of drug-likeness (QED) is 0.0619. The van der Waals surface area contributed by atoms with Crippen LogP contribution in [0.5, 0.6) is 11.8 Å². The van der Waals surface area contributed by atoms with Gasteiger partial charge < -0.3 is 65.0 Å². The van der Waals surface area contributed by atoms with E-state index < -0.39 is 55.7 Å². The minimum atomic E-state index is -1.26. The van der Waals surface area contributed by atoms with Gasteiger partial charge in [-0.25, -0.2) is 19.9 Å². The van der Waals surface area contributed by atoms with Gasteiger partial charge in [-0.05, 0) is 19.1 Å². The molecule has 2 saturated heterocycles. The second-order valence-electron chi connectivity index (χ2n) is 12.5. The van der Waals surface area contributed by atoms with Gasteiger partial charge in [0.15, 0.2) is 46.4 Å². The molecule has 21 nitrogen and oxygen atoms in total. The van der Waals surface area contributed by atoms with Crippen LogP contribution in [0.15, 0.2) is 49.3 Å². The SMILES string of the molecule is COCCNc1ncnc2c1ncn2[C@@H]1O[C@H](CO)[C@@H](O)[C@H]1O.COc1nc(N[C@H](C)COc2ccccc2)c2ncn([C@@H]3O[C@H](CO)[C@@H](O)[C@H]3O)c2n1. The second-order valence-corrected chi connectivity index (χ2v) is 12.5. The summed E-state index contributed by atoms with van der Waals surface area (Å²) in [5, 5.41) is 65.3. The summed E-state index contributed by atoms with van der Waals surface area (Å²) in [6, 6.07) is 9.44.